The second kappa shape index (κ2) is 66.6. The minimum absolute atomic E-state index is 0.0704. The second-order valence-corrected chi connectivity index (χ2v) is 23.1. The van der Waals surface area contributed by atoms with Gasteiger partial charge in [0.15, 0.2) is 6.10 Å². The fraction of sp³-hybridized carbons (Fsp3) is 0.819. The lowest BCUT2D eigenvalue weighted by atomic mass is 10.0. The van der Waals surface area contributed by atoms with Crippen molar-refractivity contribution in [3.8, 4) is 0 Å². The van der Waals surface area contributed by atoms with Crippen LogP contribution in [0.5, 0.6) is 0 Å². The molecule has 1 atom stereocenters. The summed E-state index contributed by atoms with van der Waals surface area (Å²) in [6.07, 6.45) is 85.2. The number of esters is 3. The lowest BCUT2D eigenvalue weighted by molar-refractivity contribution is -0.167. The van der Waals surface area contributed by atoms with Crippen molar-refractivity contribution in [1.82, 2.24) is 0 Å². The van der Waals surface area contributed by atoms with Crippen LogP contribution >= 0.6 is 0 Å². The Morgan fingerprint density at radius 1 is 0.269 bits per heavy atom. The third kappa shape index (κ3) is 63.9. The largest absolute Gasteiger partial charge is 0.462 e. The van der Waals surface area contributed by atoms with E-state index in [0.29, 0.717) is 19.3 Å². The van der Waals surface area contributed by atoms with E-state index in [0.717, 1.165) is 96.3 Å². The molecule has 0 saturated heterocycles. The third-order valence-electron chi connectivity index (χ3n) is 15.3. The monoisotopic (exact) mass is 1090 g/mol. The van der Waals surface area contributed by atoms with Gasteiger partial charge in [0.2, 0.25) is 0 Å². The van der Waals surface area contributed by atoms with Crippen molar-refractivity contribution >= 4 is 17.9 Å². The lowest BCUT2D eigenvalue weighted by Gasteiger charge is -2.18. The van der Waals surface area contributed by atoms with Crippen LogP contribution in [0.2, 0.25) is 0 Å². The summed E-state index contributed by atoms with van der Waals surface area (Å²) in [5.41, 5.74) is 0. The number of rotatable bonds is 63. The molecule has 0 spiro atoms. The van der Waals surface area contributed by atoms with Gasteiger partial charge in [0.25, 0.3) is 0 Å². The van der Waals surface area contributed by atoms with Crippen LogP contribution in [0.15, 0.2) is 60.8 Å². The lowest BCUT2D eigenvalue weighted by Crippen LogP contribution is -2.30. The molecule has 0 aliphatic rings. The third-order valence-corrected chi connectivity index (χ3v) is 15.3. The van der Waals surface area contributed by atoms with E-state index in [9.17, 15) is 14.4 Å². The first-order chi connectivity index (χ1) is 38.5. The molecule has 0 rings (SSSR count). The summed E-state index contributed by atoms with van der Waals surface area (Å²) in [5, 5.41) is 0. The minimum Gasteiger partial charge on any atom is -0.462 e. The van der Waals surface area contributed by atoms with Crippen LogP contribution in [-0.2, 0) is 28.6 Å². The van der Waals surface area contributed by atoms with E-state index in [4.69, 9.17) is 14.2 Å². The molecule has 0 aromatic carbocycles. The van der Waals surface area contributed by atoms with Gasteiger partial charge >= 0.3 is 17.9 Å². The zero-order valence-corrected chi connectivity index (χ0v) is 52.2. The van der Waals surface area contributed by atoms with Gasteiger partial charge in [0, 0.05) is 19.3 Å². The fourth-order valence-electron chi connectivity index (χ4n) is 10.2. The Morgan fingerprint density at radius 3 is 0.782 bits per heavy atom. The Kier molecular flexibility index (Phi) is 64.2. The first kappa shape index (κ1) is 75.1. The van der Waals surface area contributed by atoms with E-state index < -0.39 is 6.10 Å². The smallest absolute Gasteiger partial charge is 0.306 e. The van der Waals surface area contributed by atoms with Crippen LogP contribution < -0.4 is 0 Å². The van der Waals surface area contributed by atoms with E-state index in [2.05, 4.69) is 81.5 Å². The summed E-state index contributed by atoms with van der Waals surface area (Å²) in [4.78, 5) is 38.4. The zero-order chi connectivity index (χ0) is 56.4. The predicted molar refractivity (Wildman–Crippen MR) is 339 cm³/mol. The average molecular weight is 1090 g/mol. The van der Waals surface area contributed by atoms with Crippen LogP contribution in [0.25, 0.3) is 0 Å². The van der Waals surface area contributed by atoms with E-state index in [1.807, 2.05) is 0 Å². The van der Waals surface area contributed by atoms with Crippen LogP contribution in [0.1, 0.15) is 361 Å². The average Bonchev–Trinajstić information content (AvgIpc) is 3.44. The van der Waals surface area contributed by atoms with Crippen LogP contribution in [0, 0.1) is 0 Å². The Balaban J connectivity index is 4.28. The normalized spacial score (nSPS) is 12.4. The molecule has 0 aliphatic heterocycles. The quantitative estimate of drug-likeness (QED) is 0.0261. The Hall–Kier alpha value is -2.89. The molecule has 0 amide bonds. The Labute approximate surface area is 485 Å². The SMILES string of the molecule is CC/C=C\C/C=C\C/C=C\C/C=C\C/C=C\CCCCCCCCCCCC(=O)OCC(COC(=O)CCCCCCCCCCCCCCC)OC(=O)CCCCCCCCCCCCCCCCCCCCCCCC. The molecule has 0 bridgehead atoms. The topological polar surface area (TPSA) is 78.9 Å². The van der Waals surface area contributed by atoms with E-state index >= 15 is 0 Å². The number of ether oxygens (including phenoxy) is 3. The van der Waals surface area contributed by atoms with Gasteiger partial charge in [-0.3, -0.25) is 14.4 Å². The van der Waals surface area contributed by atoms with Crippen molar-refractivity contribution in [2.45, 2.75) is 367 Å². The number of allylic oxidation sites excluding steroid dienone is 10. The van der Waals surface area contributed by atoms with Crippen molar-refractivity contribution in [1.29, 1.82) is 0 Å². The highest BCUT2D eigenvalue weighted by atomic mass is 16.6. The maximum atomic E-state index is 12.9. The fourth-order valence-corrected chi connectivity index (χ4v) is 10.2. The van der Waals surface area contributed by atoms with Crippen molar-refractivity contribution in [2.24, 2.45) is 0 Å². The van der Waals surface area contributed by atoms with Gasteiger partial charge in [-0.05, 0) is 64.2 Å². The highest BCUT2D eigenvalue weighted by molar-refractivity contribution is 5.71. The molecule has 0 fully saturated rings. The maximum Gasteiger partial charge on any atom is 0.306 e. The molecule has 0 aromatic heterocycles. The van der Waals surface area contributed by atoms with Gasteiger partial charge in [-0.25, -0.2) is 0 Å². The summed E-state index contributed by atoms with van der Waals surface area (Å²) in [5.74, 6) is -0.852. The van der Waals surface area contributed by atoms with Gasteiger partial charge in [0.1, 0.15) is 13.2 Å². The van der Waals surface area contributed by atoms with Gasteiger partial charge in [-0.15, -0.1) is 0 Å². The van der Waals surface area contributed by atoms with Crippen molar-refractivity contribution in [2.75, 3.05) is 13.2 Å². The van der Waals surface area contributed by atoms with E-state index in [-0.39, 0.29) is 31.1 Å². The van der Waals surface area contributed by atoms with Crippen molar-refractivity contribution < 1.29 is 28.6 Å². The summed E-state index contributed by atoms with van der Waals surface area (Å²) < 4.78 is 17.0. The summed E-state index contributed by atoms with van der Waals surface area (Å²) in [7, 11) is 0. The summed E-state index contributed by atoms with van der Waals surface area (Å²) in [6, 6.07) is 0. The predicted octanol–water partition coefficient (Wildman–Crippen LogP) is 23.5. The first-order valence-electron chi connectivity index (χ1n) is 34.3. The van der Waals surface area contributed by atoms with Crippen molar-refractivity contribution in [3.63, 3.8) is 0 Å². The standard InChI is InChI=1S/C72H130O6/c1-4-7-10-13-16-19-22-25-27-29-31-33-35-36-37-39-40-42-44-47-50-53-56-59-62-65-71(74)77-68-69(67-76-70(73)64-61-58-55-52-49-46-24-21-18-15-12-9-6-3)78-72(75)66-63-60-57-54-51-48-45-43-41-38-34-32-30-28-26-23-20-17-14-11-8-5-2/h7,10,16,19,25,27,31,33,36-37,69H,4-6,8-9,11-15,17-18,20-24,26,28-30,32,34-35,38-68H2,1-3H3/b10-7-,19-16-,27-25-,33-31-,37-36-. The van der Waals surface area contributed by atoms with Crippen LogP contribution in [-0.4, -0.2) is 37.2 Å². The van der Waals surface area contributed by atoms with Gasteiger partial charge in [-0.2, -0.15) is 0 Å². The highest BCUT2D eigenvalue weighted by Crippen LogP contribution is 2.18. The molecule has 0 N–H and O–H groups in total. The number of unbranched alkanes of at least 4 members (excludes halogenated alkanes) is 42. The van der Waals surface area contributed by atoms with E-state index in [1.54, 1.807) is 0 Å². The molecular weight excluding hydrogens is 961 g/mol. The highest BCUT2D eigenvalue weighted by Gasteiger charge is 2.19. The molecule has 6 nitrogen and oxygen atoms in total. The van der Waals surface area contributed by atoms with Crippen molar-refractivity contribution in [3.05, 3.63) is 60.8 Å². The molecule has 0 heterocycles. The van der Waals surface area contributed by atoms with Gasteiger partial charge in [-0.1, -0.05) is 338 Å². The Morgan fingerprint density at radius 2 is 0.500 bits per heavy atom. The summed E-state index contributed by atoms with van der Waals surface area (Å²) in [6.45, 7) is 6.58. The second-order valence-electron chi connectivity index (χ2n) is 23.1. The maximum absolute atomic E-state index is 12.9. The molecule has 0 saturated carbocycles. The molecule has 78 heavy (non-hydrogen) atoms. The summed E-state index contributed by atoms with van der Waals surface area (Å²) >= 11 is 0. The number of carbonyl (C=O) groups is 3. The zero-order valence-electron chi connectivity index (χ0n) is 52.2. The number of carbonyl (C=O) groups excluding carboxylic acids is 3. The molecule has 454 valence electrons. The number of hydrogen-bond donors (Lipinski definition) is 0. The molecule has 0 aliphatic carbocycles. The Bertz CT molecular complexity index is 1390. The molecule has 0 aromatic rings. The van der Waals surface area contributed by atoms with Gasteiger partial charge in [0.05, 0.1) is 0 Å². The molecule has 1 unspecified atom stereocenters. The van der Waals surface area contributed by atoms with Crippen LogP contribution in [0.3, 0.4) is 0 Å². The number of hydrogen-bond acceptors (Lipinski definition) is 6. The first-order valence-corrected chi connectivity index (χ1v) is 34.3. The molecular formula is C72H130O6. The van der Waals surface area contributed by atoms with E-state index in [1.165, 1.54) is 225 Å². The van der Waals surface area contributed by atoms with Gasteiger partial charge < -0.3 is 14.2 Å². The minimum atomic E-state index is -0.774. The molecule has 0 radical (unpaired) electrons. The van der Waals surface area contributed by atoms with Crippen LogP contribution in [0.4, 0.5) is 0 Å². The molecule has 6 heteroatoms.